The largest absolute Gasteiger partial charge is 0.469 e. The van der Waals surface area contributed by atoms with Crippen LogP contribution in [0.3, 0.4) is 0 Å². The molecule has 1 rings (SSSR count). The Hall–Kier alpha value is -0.600. The molecular weight excluding hydrogens is 147 g/mol. The minimum absolute atomic E-state index is 0.191. The molecule has 2 unspecified atom stereocenters. The molecule has 0 amide bonds. The maximum absolute atomic E-state index is 12.7. The summed E-state index contributed by atoms with van der Waals surface area (Å²) in [6.45, 7) is 0. The number of halogens is 1. The first kappa shape index (κ1) is 8.50. The standard InChI is InChI=1S/C8H13FO2/c1-11-8(10)6-3-2-4-7(9)5-6/h6-7H,2-5H2,1H3. The molecule has 0 spiro atoms. The Balaban J connectivity index is 2.39. The van der Waals surface area contributed by atoms with Crippen LogP contribution in [-0.4, -0.2) is 19.3 Å². The molecule has 1 fully saturated rings. The first-order valence-corrected chi connectivity index (χ1v) is 3.96. The van der Waals surface area contributed by atoms with Crippen LogP contribution in [0.15, 0.2) is 0 Å². The Kier molecular flexibility index (Phi) is 2.85. The zero-order valence-electron chi connectivity index (χ0n) is 6.68. The van der Waals surface area contributed by atoms with Crippen molar-refractivity contribution in [3.63, 3.8) is 0 Å². The van der Waals surface area contributed by atoms with E-state index in [1.165, 1.54) is 7.11 Å². The molecule has 2 nitrogen and oxygen atoms in total. The first-order chi connectivity index (χ1) is 5.24. The van der Waals surface area contributed by atoms with Gasteiger partial charge in [-0.15, -0.1) is 0 Å². The van der Waals surface area contributed by atoms with Gasteiger partial charge in [-0.1, -0.05) is 0 Å². The molecule has 0 aromatic carbocycles. The fourth-order valence-corrected chi connectivity index (χ4v) is 1.51. The molecule has 0 aromatic rings. The van der Waals surface area contributed by atoms with Gasteiger partial charge < -0.3 is 4.74 Å². The molecule has 2 atom stereocenters. The zero-order chi connectivity index (χ0) is 8.27. The minimum Gasteiger partial charge on any atom is -0.469 e. The summed E-state index contributed by atoms with van der Waals surface area (Å²) < 4.78 is 17.3. The van der Waals surface area contributed by atoms with Gasteiger partial charge in [0.25, 0.3) is 0 Å². The third kappa shape index (κ3) is 2.17. The second-order valence-electron chi connectivity index (χ2n) is 2.98. The van der Waals surface area contributed by atoms with E-state index in [2.05, 4.69) is 4.74 Å². The van der Waals surface area contributed by atoms with E-state index in [-0.39, 0.29) is 11.9 Å². The molecular formula is C8H13FO2. The van der Waals surface area contributed by atoms with E-state index < -0.39 is 6.17 Å². The van der Waals surface area contributed by atoms with Gasteiger partial charge in [-0.25, -0.2) is 4.39 Å². The van der Waals surface area contributed by atoms with Crippen molar-refractivity contribution in [1.29, 1.82) is 0 Å². The number of esters is 1. The number of rotatable bonds is 1. The van der Waals surface area contributed by atoms with Crippen molar-refractivity contribution in [2.75, 3.05) is 7.11 Å². The molecule has 1 aliphatic carbocycles. The van der Waals surface area contributed by atoms with Gasteiger partial charge >= 0.3 is 5.97 Å². The van der Waals surface area contributed by atoms with Crippen molar-refractivity contribution >= 4 is 5.97 Å². The summed E-state index contributed by atoms with van der Waals surface area (Å²) >= 11 is 0. The topological polar surface area (TPSA) is 26.3 Å². The number of alkyl halides is 1. The summed E-state index contributed by atoms with van der Waals surface area (Å²) in [7, 11) is 1.35. The number of carbonyl (C=O) groups is 1. The highest BCUT2D eigenvalue weighted by molar-refractivity contribution is 5.72. The monoisotopic (exact) mass is 160 g/mol. The summed E-state index contributed by atoms with van der Waals surface area (Å²) in [6, 6.07) is 0. The van der Waals surface area contributed by atoms with E-state index in [9.17, 15) is 9.18 Å². The number of hydrogen-bond acceptors (Lipinski definition) is 2. The quantitative estimate of drug-likeness (QED) is 0.545. The van der Waals surface area contributed by atoms with Gasteiger partial charge in [0.1, 0.15) is 6.17 Å². The fraction of sp³-hybridized carbons (Fsp3) is 0.875. The highest BCUT2D eigenvalue weighted by Gasteiger charge is 2.27. The smallest absolute Gasteiger partial charge is 0.308 e. The summed E-state index contributed by atoms with van der Waals surface area (Å²) in [5, 5.41) is 0. The third-order valence-corrected chi connectivity index (χ3v) is 2.14. The molecule has 0 radical (unpaired) electrons. The van der Waals surface area contributed by atoms with Crippen LogP contribution in [0.2, 0.25) is 0 Å². The normalized spacial score (nSPS) is 31.5. The lowest BCUT2D eigenvalue weighted by molar-refractivity contribution is -0.147. The van der Waals surface area contributed by atoms with Crippen LogP contribution in [0.1, 0.15) is 25.7 Å². The van der Waals surface area contributed by atoms with E-state index in [1.54, 1.807) is 0 Å². The van der Waals surface area contributed by atoms with Crippen LogP contribution in [0.25, 0.3) is 0 Å². The molecule has 11 heavy (non-hydrogen) atoms. The summed E-state index contributed by atoms with van der Waals surface area (Å²) in [5.74, 6) is -0.448. The summed E-state index contributed by atoms with van der Waals surface area (Å²) in [5.41, 5.74) is 0. The van der Waals surface area contributed by atoms with E-state index in [1.807, 2.05) is 0 Å². The van der Waals surface area contributed by atoms with Crippen LogP contribution in [0, 0.1) is 5.92 Å². The van der Waals surface area contributed by atoms with Crippen molar-refractivity contribution in [3.8, 4) is 0 Å². The molecule has 0 bridgehead atoms. The molecule has 0 N–H and O–H groups in total. The van der Waals surface area contributed by atoms with Crippen molar-refractivity contribution < 1.29 is 13.9 Å². The Morgan fingerprint density at radius 3 is 2.82 bits per heavy atom. The van der Waals surface area contributed by atoms with Gasteiger partial charge in [0.2, 0.25) is 0 Å². The predicted octanol–water partition coefficient (Wildman–Crippen LogP) is 1.69. The molecule has 1 aliphatic rings. The Morgan fingerprint density at radius 2 is 2.27 bits per heavy atom. The summed E-state index contributed by atoms with van der Waals surface area (Å²) in [4.78, 5) is 10.9. The highest BCUT2D eigenvalue weighted by atomic mass is 19.1. The second-order valence-corrected chi connectivity index (χ2v) is 2.98. The lowest BCUT2D eigenvalue weighted by Crippen LogP contribution is -2.24. The number of methoxy groups -OCH3 is 1. The SMILES string of the molecule is COC(=O)C1CCCC(F)C1. The molecule has 1 saturated carbocycles. The molecule has 3 heteroatoms. The lowest BCUT2D eigenvalue weighted by atomic mass is 9.88. The van der Waals surface area contributed by atoms with E-state index in [0.717, 1.165) is 12.8 Å². The third-order valence-electron chi connectivity index (χ3n) is 2.14. The second kappa shape index (κ2) is 3.69. The van der Waals surface area contributed by atoms with Gasteiger partial charge in [-0.3, -0.25) is 4.79 Å². The van der Waals surface area contributed by atoms with Gasteiger partial charge in [-0.05, 0) is 25.7 Å². The predicted molar refractivity (Wildman–Crippen MR) is 38.9 cm³/mol. The highest BCUT2D eigenvalue weighted by Crippen LogP contribution is 2.26. The van der Waals surface area contributed by atoms with E-state index in [0.29, 0.717) is 12.8 Å². The van der Waals surface area contributed by atoms with Crippen LogP contribution in [0.5, 0.6) is 0 Å². The van der Waals surface area contributed by atoms with Crippen LogP contribution < -0.4 is 0 Å². The fourth-order valence-electron chi connectivity index (χ4n) is 1.51. The van der Waals surface area contributed by atoms with Crippen molar-refractivity contribution in [2.45, 2.75) is 31.9 Å². The number of hydrogen-bond donors (Lipinski definition) is 0. The lowest BCUT2D eigenvalue weighted by Gasteiger charge is -2.21. The molecule has 0 saturated heterocycles. The average molecular weight is 160 g/mol. The first-order valence-electron chi connectivity index (χ1n) is 3.96. The Morgan fingerprint density at radius 1 is 1.55 bits per heavy atom. The van der Waals surface area contributed by atoms with Crippen molar-refractivity contribution in [3.05, 3.63) is 0 Å². The average Bonchev–Trinajstić information content (AvgIpc) is 2.03. The van der Waals surface area contributed by atoms with E-state index >= 15 is 0 Å². The number of carbonyl (C=O) groups excluding carboxylic acids is 1. The molecule has 64 valence electrons. The Bertz CT molecular complexity index is 147. The van der Waals surface area contributed by atoms with Gasteiger partial charge in [0.15, 0.2) is 0 Å². The molecule has 0 heterocycles. The maximum atomic E-state index is 12.7. The zero-order valence-corrected chi connectivity index (χ0v) is 6.68. The van der Waals surface area contributed by atoms with Crippen molar-refractivity contribution in [2.24, 2.45) is 5.92 Å². The van der Waals surface area contributed by atoms with Crippen LogP contribution in [-0.2, 0) is 9.53 Å². The van der Waals surface area contributed by atoms with E-state index in [4.69, 9.17) is 0 Å². The van der Waals surface area contributed by atoms with Gasteiger partial charge in [0, 0.05) is 0 Å². The van der Waals surface area contributed by atoms with Gasteiger partial charge in [0.05, 0.1) is 13.0 Å². The summed E-state index contributed by atoms with van der Waals surface area (Å²) in [6.07, 6.45) is 1.75. The van der Waals surface area contributed by atoms with Crippen LogP contribution in [0.4, 0.5) is 4.39 Å². The minimum atomic E-state index is -0.798. The molecule has 0 aromatic heterocycles. The maximum Gasteiger partial charge on any atom is 0.308 e. The van der Waals surface area contributed by atoms with Crippen LogP contribution >= 0.6 is 0 Å². The van der Waals surface area contributed by atoms with Crippen molar-refractivity contribution in [1.82, 2.24) is 0 Å². The van der Waals surface area contributed by atoms with Gasteiger partial charge in [-0.2, -0.15) is 0 Å². The number of ether oxygens (including phenoxy) is 1. The molecule has 0 aliphatic heterocycles. The Labute approximate surface area is 65.7 Å².